The molecule has 0 aliphatic heterocycles. The van der Waals surface area contributed by atoms with Gasteiger partial charge in [-0.2, -0.15) is 0 Å². The molecule has 0 amide bonds. The number of methoxy groups -OCH3 is 1. The fourth-order valence-electron chi connectivity index (χ4n) is 2.48. The van der Waals surface area contributed by atoms with Crippen molar-refractivity contribution >= 4 is 0 Å². The van der Waals surface area contributed by atoms with Crippen LogP contribution in [0.5, 0.6) is 5.88 Å². The highest BCUT2D eigenvalue weighted by atomic mass is 16.5. The molecule has 0 aromatic carbocycles. The van der Waals surface area contributed by atoms with Crippen LogP contribution in [-0.2, 0) is 6.54 Å². The van der Waals surface area contributed by atoms with E-state index in [-0.39, 0.29) is 0 Å². The van der Waals surface area contributed by atoms with Crippen molar-refractivity contribution < 1.29 is 4.74 Å². The van der Waals surface area contributed by atoms with Crippen molar-refractivity contribution in [2.45, 2.75) is 51.1 Å². The van der Waals surface area contributed by atoms with Crippen LogP contribution < -0.4 is 10.1 Å². The number of pyridine rings is 1. The van der Waals surface area contributed by atoms with Crippen LogP contribution in [0.15, 0.2) is 18.2 Å². The van der Waals surface area contributed by atoms with E-state index in [1.54, 1.807) is 7.11 Å². The predicted molar refractivity (Wildman–Crippen MR) is 69.1 cm³/mol. The van der Waals surface area contributed by atoms with E-state index in [1.165, 1.54) is 32.1 Å². The lowest BCUT2D eigenvalue weighted by Gasteiger charge is -2.34. The first-order chi connectivity index (χ1) is 8.22. The highest BCUT2D eigenvalue weighted by molar-refractivity contribution is 5.15. The van der Waals surface area contributed by atoms with E-state index in [1.807, 2.05) is 18.2 Å². The molecule has 0 saturated heterocycles. The van der Waals surface area contributed by atoms with Crippen molar-refractivity contribution in [2.24, 2.45) is 0 Å². The highest BCUT2D eigenvalue weighted by Gasteiger charge is 2.25. The lowest BCUT2D eigenvalue weighted by molar-refractivity contribution is 0.251. The van der Waals surface area contributed by atoms with E-state index in [0.29, 0.717) is 11.4 Å². The molecule has 3 heteroatoms. The largest absolute Gasteiger partial charge is 0.481 e. The number of nitrogens with zero attached hydrogens (tertiary/aromatic N) is 1. The average molecular weight is 234 g/mol. The van der Waals surface area contributed by atoms with Crippen LogP contribution in [0.4, 0.5) is 0 Å². The summed E-state index contributed by atoms with van der Waals surface area (Å²) in [5.41, 5.74) is 1.35. The smallest absolute Gasteiger partial charge is 0.213 e. The molecule has 1 aromatic heterocycles. The summed E-state index contributed by atoms with van der Waals surface area (Å²) in [4.78, 5) is 4.42. The number of hydrogen-bond donors (Lipinski definition) is 1. The van der Waals surface area contributed by atoms with Crippen LogP contribution in [0.25, 0.3) is 0 Å². The maximum atomic E-state index is 5.13. The highest BCUT2D eigenvalue weighted by Crippen LogP contribution is 2.27. The fourth-order valence-corrected chi connectivity index (χ4v) is 2.48. The molecule has 1 saturated carbocycles. The molecule has 1 aliphatic rings. The van der Waals surface area contributed by atoms with Crippen molar-refractivity contribution in [3.8, 4) is 5.88 Å². The molecule has 0 atom stereocenters. The van der Waals surface area contributed by atoms with E-state index in [0.717, 1.165) is 12.2 Å². The fraction of sp³-hybridized carbons (Fsp3) is 0.643. The Hall–Kier alpha value is -1.09. The maximum absolute atomic E-state index is 5.13. The number of hydrogen-bond acceptors (Lipinski definition) is 3. The summed E-state index contributed by atoms with van der Waals surface area (Å²) in [5.74, 6) is 0.693. The second-order valence-corrected chi connectivity index (χ2v) is 5.15. The molecule has 1 aliphatic carbocycles. The number of ether oxygens (including phenoxy) is 1. The Kier molecular flexibility index (Phi) is 4.00. The summed E-state index contributed by atoms with van der Waals surface area (Å²) < 4.78 is 5.13. The van der Waals surface area contributed by atoms with Gasteiger partial charge in [-0.05, 0) is 25.8 Å². The summed E-state index contributed by atoms with van der Waals surface area (Å²) in [6.07, 6.45) is 6.62. The lowest BCUT2D eigenvalue weighted by Crippen LogP contribution is -2.43. The predicted octanol–water partition coefficient (Wildman–Crippen LogP) is 2.90. The minimum absolute atomic E-state index is 0.295. The SMILES string of the molecule is COc1cccc(CNC2(C)CCCCC2)n1. The minimum atomic E-state index is 0.295. The first kappa shape index (κ1) is 12.4. The first-order valence-corrected chi connectivity index (χ1v) is 6.47. The van der Waals surface area contributed by atoms with Gasteiger partial charge in [0, 0.05) is 18.2 Å². The van der Waals surface area contributed by atoms with E-state index in [9.17, 15) is 0 Å². The van der Waals surface area contributed by atoms with E-state index < -0.39 is 0 Å². The molecular formula is C14H22N2O. The van der Waals surface area contributed by atoms with Gasteiger partial charge in [0.05, 0.1) is 12.8 Å². The topological polar surface area (TPSA) is 34.1 Å². The third-order valence-corrected chi connectivity index (χ3v) is 3.64. The molecule has 0 bridgehead atoms. The molecule has 94 valence electrons. The zero-order valence-corrected chi connectivity index (χ0v) is 10.8. The van der Waals surface area contributed by atoms with Crippen molar-refractivity contribution in [3.63, 3.8) is 0 Å². The van der Waals surface area contributed by atoms with Gasteiger partial charge in [0.1, 0.15) is 0 Å². The molecule has 2 rings (SSSR count). The Morgan fingerprint density at radius 2 is 2.06 bits per heavy atom. The van der Waals surface area contributed by atoms with Crippen LogP contribution >= 0.6 is 0 Å². The van der Waals surface area contributed by atoms with Crippen LogP contribution in [-0.4, -0.2) is 17.6 Å². The van der Waals surface area contributed by atoms with Crippen molar-refractivity contribution in [1.82, 2.24) is 10.3 Å². The van der Waals surface area contributed by atoms with Crippen LogP contribution in [0.2, 0.25) is 0 Å². The van der Waals surface area contributed by atoms with Gasteiger partial charge in [-0.25, -0.2) is 4.98 Å². The Morgan fingerprint density at radius 3 is 2.76 bits per heavy atom. The molecule has 1 fully saturated rings. The summed E-state index contributed by atoms with van der Waals surface area (Å²) in [6.45, 7) is 3.15. The number of aromatic nitrogens is 1. The monoisotopic (exact) mass is 234 g/mol. The normalized spacial score (nSPS) is 18.9. The Balaban J connectivity index is 1.92. The van der Waals surface area contributed by atoms with Crippen molar-refractivity contribution in [1.29, 1.82) is 0 Å². The van der Waals surface area contributed by atoms with Gasteiger partial charge in [-0.15, -0.1) is 0 Å². The third-order valence-electron chi connectivity index (χ3n) is 3.64. The summed E-state index contributed by atoms with van der Waals surface area (Å²) in [6, 6.07) is 5.92. The van der Waals surface area contributed by atoms with Crippen molar-refractivity contribution in [3.05, 3.63) is 23.9 Å². The maximum Gasteiger partial charge on any atom is 0.213 e. The second-order valence-electron chi connectivity index (χ2n) is 5.15. The van der Waals surface area contributed by atoms with Gasteiger partial charge in [-0.1, -0.05) is 25.3 Å². The average Bonchev–Trinajstić information content (AvgIpc) is 2.38. The summed E-state index contributed by atoms with van der Waals surface area (Å²) >= 11 is 0. The molecule has 0 spiro atoms. The first-order valence-electron chi connectivity index (χ1n) is 6.47. The molecule has 17 heavy (non-hydrogen) atoms. The molecule has 1 N–H and O–H groups in total. The number of nitrogens with one attached hydrogen (secondary N) is 1. The molecule has 3 nitrogen and oxygen atoms in total. The van der Waals surface area contributed by atoms with E-state index >= 15 is 0 Å². The zero-order valence-electron chi connectivity index (χ0n) is 10.8. The standard InChI is InChI=1S/C14H22N2O/c1-14(9-4-3-5-10-14)15-11-12-7-6-8-13(16-12)17-2/h6-8,15H,3-5,9-11H2,1-2H3. The van der Waals surface area contributed by atoms with Gasteiger partial charge >= 0.3 is 0 Å². The number of rotatable bonds is 4. The van der Waals surface area contributed by atoms with Gasteiger partial charge in [0.2, 0.25) is 5.88 Å². The van der Waals surface area contributed by atoms with Gasteiger partial charge in [-0.3, -0.25) is 0 Å². The quantitative estimate of drug-likeness (QED) is 0.869. The molecule has 1 heterocycles. The van der Waals surface area contributed by atoms with Gasteiger partial charge < -0.3 is 10.1 Å². The Bertz CT molecular complexity index is 359. The molecular weight excluding hydrogens is 212 g/mol. The van der Waals surface area contributed by atoms with Gasteiger partial charge in [0.25, 0.3) is 0 Å². The molecule has 1 aromatic rings. The molecule has 0 radical (unpaired) electrons. The lowest BCUT2D eigenvalue weighted by atomic mass is 9.83. The van der Waals surface area contributed by atoms with Crippen LogP contribution in [0, 0.1) is 0 Å². The second kappa shape index (κ2) is 5.50. The summed E-state index contributed by atoms with van der Waals surface area (Å²) in [7, 11) is 1.65. The van der Waals surface area contributed by atoms with E-state index in [4.69, 9.17) is 4.74 Å². The summed E-state index contributed by atoms with van der Waals surface area (Å²) in [5, 5.41) is 3.65. The van der Waals surface area contributed by atoms with Crippen LogP contribution in [0.1, 0.15) is 44.7 Å². The van der Waals surface area contributed by atoms with E-state index in [2.05, 4.69) is 17.2 Å². The Labute approximate surface area is 104 Å². The Morgan fingerprint density at radius 1 is 1.29 bits per heavy atom. The third kappa shape index (κ3) is 3.43. The van der Waals surface area contributed by atoms with Gasteiger partial charge in [0.15, 0.2) is 0 Å². The minimum Gasteiger partial charge on any atom is -0.481 e. The van der Waals surface area contributed by atoms with Crippen LogP contribution in [0.3, 0.4) is 0 Å². The zero-order chi connectivity index (χ0) is 12.1. The molecule has 0 unspecified atom stereocenters. The van der Waals surface area contributed by atoms with Crippen molar-refractivity contribution in [2.75, 3.05) is 7.11 Å².